The third kappa shape index (κ3) is 4.13. The van der Waals surface area contributed by atoms with E-state index in [4.69, 9.17) is 15.2 Å². The van der Waals surface area contributed by atoms with E-state index in [1.54, 1.807) is 0 Å². The van der Waals surface area contributed by atoms with Gasteiger partial charge in [0.25, 0.3) is 0 Å². The van der Waals surface area contributed by atoms with E-state index in [-0.39, 0.29) is 18.2 Å². The Morgan fingerprint density at radius 1 is 1.37 bits per heavy atom. The molecule has 1 amide bonds. The SMILES string of the molecule is CC(C)(N)CCC(=O)NCc1ccc2c(c1)OCO2. The van der Waals surface area contributed by atoms with Gasteiger partial charge in [-0.25, -0.2) is 0 Å². The number of ether oxygens (including phenoxy) is 2. The van der Waals surface area contributed by atoms with Crippen molar-refractivity contribution in [2.75, 3.05) is 6.79 Å². The summed E-state index contributed by atoms with van der Waals surface area (Å²) in [5.41, 5.74) is 6.52. The number of hydrogen-bond donors (Lipinski definition) is 2. The van der Waals surface area contributed by atoms with Gasteiger partial charge in [0, 0.05) is 18.5 Å². The number of fused-ring (bicyclic) bond motifs is 1. The second-order valence-electron chi connectivity index (χ2n) is 5.45. The van der Waals surface area contributed by atoms with Crippen LogP contribution in [-0.4, -0.2) is 18.2 Å². The quantitative estimate of drug-likeness (QED) is 0.846. The normalized spacial score (nSPS) is 13.4. The van der Waals surface area contributed by atoms with Gasteiger partial charge < -0.3 is 20.5 Å². The molecule has 0 saturated heterocycles. The van der Waals surface area contributed by atoms with Crippen molar-refractivity contribution in [3.63, 3.8) is 0 Å². The first kappa shape index (κ1) is 13.7. The number of nitrogens with one attached hydrogen (secondary N) is 1. The number of nitrogens with two attached hydrogens (primary N) is 1. The maximum absolute atomic E-state index is 11.7. The van der Waals surface area contributed by atoms with Gasteiger partial charge in [0.15, 0.2) is 11.5 Å². The molecule has 0 atom stereocenters. The highest BCUT2D eigenvalue weighted by Crippen LogP contribution is 2.32. The molecule has 19 heavy (non-hydrogen) atoms. The Bertz CT molecular complexity index is 466. The van der Waals surface area contributed by atoms with E-state index in [9.17, 15) is 4.79 Å². The molecule has 1 aliphatic heterocycles. The van der Waals surface area contributed by atoms with Gasteiger partial charge in [0.1, 0.15) is 0 Å². The van der Waals surface area contributed by atoms with Crippen molar-refractivity contribution in [2.45, 2.75) is 38.8 Å². The number of carbonyl (C=O) groups excluding carboxylic acids is 1. The summed E-state index contributed by atoms with van der Waals surface area (Å²) in [5, 5.41) is 2.87. The molecule has 0 saturated carbocycles. The van der Waals surface area contributed by atoms with Crippen LogP contribution in [0.25, 0.3) is 0 Å². The highest BCUT2D eigenvalue weighted by atomic mass is 16.7. The Labute approximate surface area is 113 Å². The van der Waals surface area contributed by atoms with Gasteiger partial charge in [-0.15, -0.1) is 0 Å². The number of amides is 1. The summed E-state index contributed by atoms with van der Waals surface area (Å²) < 4.78 is 10.5. The largest absolute Gasteiger partial charge is 0.454 e. The first-order valence-electron chi connectivity index (χ1n) is 6.38. The first-order chi connectivity index (χ1) is 8.94. The molecule has 0 fully saturated rings. The summed E-state index contributed by atoms with van der Waals surface area (Å²) in [6.45, 7) is 4.58. The first-order valence-corrected chi connectivity index (χ1v) is 6.38. The Morgan fingerprint density at radius 3 is 2.84 bits per heavy atom. The summed E-state index contributed by atoms with van der Waals surface area (Å²) in [4.78, 5) is 11.7. The van der Waals surface area contributed by atoms with E-state index in [0.717, 1.165) is 17.1 Å². The summed E-state index contributed by atoms with van der Waals surface area (Å²) >= 11 is 0. The summed E-state index contributed by atoms with van der Waals surface area (Å²) in [6.07, 6.45) is 1.11. The maximum Gasteiger partial charge on any atom is 0.231 e. The molecule has 0 aliphatic carbocycles. The second-order valence-corrected chi connectivity index (χ2v) is 5.45. The van der Waals surface area contributed by atoms with Gasteiger partial charge in [0.2, 0.25) is 12.7 Å². The average molecular weight is 264 g/mol. The molecule has 3 N–H and O–H groups in total. The minimum absolute atomic E-state index is 0.0104. The third-order valence-corrected chi connectivity index (χ3v) is 2.92. The fourth-order valence-electron chi connectivity index (χ4n) is 1.78. The van der Waals surface area contributed by atoms with Crippen molar-refractivity contribution in [2.24, 2.45) is 5.73 Å². The molecule has 1 aliphatic rings. The molecule has 0 unspecified atom stereocenters. The van der Waals surface area contributed by atoms with Gasteiger partial charge in [-0.2, -0.15) is 0 Å². The molecule has 0 aromatic heterocycles. The van der Waals surface area contributed by atoms with Crippen molar-refractivity contribution in [3.05, 3.63) is 23.8 Å². The standard InChI is InChI=1S/C14H20N2O3/c1-14(2,15)6-5-13(17)16-8-10-3-4-11-12(7-10)19-9-18-11/h3-4,7H,5-6,8-9,15H2,1-2H3,(H,16,17). The Hall–Kier alpha value is -1.75. The molecule has 5 heteroatoms. The van der Waals surface area contributed by atoms with E-state index in [1.165, 1.54) is 0 Å². The number of benzene rings is 1. The highest BCUT2D eigenvalue weighted by molar-refractivity contribution is 5.76. The minimum atomic E-state index is -0.309. The molecular weight excluding hydrogens is 244 g/mol. The molecule has 0 spiro atoms. The van der Waals surface area contributed by atoms with Crippen LogP contribution in [0.15, 0.2) is 18.2 Å². The molecule has 5 nitrogen and oxygen atoms in total. The zero-order valence-corrected chi connectivity index (χ0v) is 11.4. The predicted molar refractivity (Wildman–Crippen MR) is 71.9 cm³/mol. The van der Waals surface area contributed by atoms with Crippen LogP contribution in [0.5, 0.6) is 11.5 Å². The van der Waals surface area contributed by atoms with Gasteiger partial charge in [-0.3, -0.25) is 4.79 Å². The molecular formula is C14H20N2O3. The molecule has 1 aromatic carbocycles. The van der Waals surface area contributed by atoms with E-state index in [0.29, 0.717) is 19.4 Å². The molecule has 104 valence electrons. The van der Waals surface area contributed by atoms with Crippen molar-refractivity contribution >= 4 is 5.91 Å². The molecule has 0 radical (unpaired) electrons. The third-order valence-electron chi connectivity index (χ3n) is 2.92. The van der Waals surface area contributed by atoms with Crippen molar-refractivity contribution in [1.29, 1.82) is 0 Å². The van der Waals surface area contributed by atoms with Crippen molar-refractivity contribution in [3.8, 4) is 11.5 Å². The fourth-order valence-corrected chi connectivity index (χ4v) is 1.78. The Balaban J connectivity index is 1.81. The lowest BCUT2D eigenvalue weighted by molar-refractivity contribution is -0.121. The topological polar surface area (TPSA) is 73.6 Å². The second kappa shape index (κ2) is 5.48. The zero-order valence-electron chi connectivity index (χ0n) is 11.4. The lowest BCUT2D eigenvalue weighted by Gasteiger charge is -2.17. The summed E-state index contributed by atoms with van der Waals surface area (Å²) in [6, 6.07) is 5.66. The molecule has 2 rings (SSSR count). The summed E-state index contributed by atoms with van der Waals surface area (Å²) in [5.74, 6) is 1.49. The highest BCUT2D eigenvalue weighted by Gasteiger charge is 2.15. The predicted octanol–water partition coefficient (Wildman–Crippen LogP) is 1.55. The van der Waals surface area contributed by atoms with Gasteiger partial charge >= 0.3 is 0 Å². The van der Waals surface area contributed by atoms with Crippen LogP contribution in [0, 0.1) is 0 Å². The van der Waals surface area contributed by atoms with Gasteiger partial charge in [-0.1, -0.05) is 6.07 Å². The number of hydrogen-bond acceptors (Lipinski definition) is 4. The maximum atomic E-state index is 11.7. The van der Waals surface area contributed by atoms with Crippen LogP contribution in [0.4, 0.5) is 0 Å². The fraction of sp³-hybridized carbons (Fsp3) is 0.500. The number of rotatable bonds is 5. The van der Waals surface area contributed by atoms with E-state index in [2.05, 4.69) is 5.32 Å². The Morgan fingerprint density at radius 2 is 2.11 bits per heavy atom. The van der Waals surface area contributed by atoms with E-state index in [1.807, 2.05) is 32.0 Å². The van der Waals surface area contributed by atoms with Crippen LogP contribution < -0.4 is 20.5 Å². The van der Waals surface area contributed by atoms with E-state index >= 15 is 0 Å². The summed E-state index contributed by atoms with van der Waals surface area (Å²) in [7, 11) is 0. The lowest BCUT2D eigenvalue weighted by Crippen LogP contribution is -2.34. The lowest BCUT2D eigenvalue weighted by atomic mass is 10.00. The van der Waals surface area contributed by atoms with Crippen LogP contribution in [0.3, 0.4) is 0 Å². The smallest absolute Gasteiger partial charge is 0.231 e. The van der Waals surface area contributed by atoms with Gasteiger partial charge in [0.05, 0.1) is 0 Å². The van der Waals surface area contributed by atoms with Crippen molar-refractivity contribution < 1.29 is 14.3 Å². The number of carbonyl (C=O) groups is 1. The minimum Gasteiger partial charge on any atom is -0.454 e. The van der Waals surface area contributed by atoms with Crippen LogP contribution in [0.2, 0.25) is 0 Å². The monoisotopic (exact) mass is 264 g/mol. The average Bonchev–Trinajstić information content (AvgIpc) is 2.80. The van der Waals surface area contributed by atoms with Gasteiger partial charge in [-0.05, 0) is 38.0 Å². The molecule has 1 aromatic rings. The molecule has 0 bridgehead atoms. The zero-order chi connectivity index (χ0) is 13.9. The van der Waals surface area contributed by atoms with Crippen LogP contribution in [0.1, 0.15) is 32.3 Å². The Kier molecular flexibility index (Phi) is 3.95. The molecule has 1 heterocycles. The van der Waals surface area contributed by atoms with E-state index < -0.39 is 0 Å². The van der Waals surface area contributed by atoms with Crippen molar-refractivity contribution in [1.82, 2.24) is 5.32 Å². The van der Waals surface area contributed by atoms with Crippen LogP contribution >= 0.6 is 0 Å². The van der Waals surface area contributed by atoms with Crippen LogP contribution in [-0.2, 0) is 11.3 Å².